The maximum atomic E-state index is 11.5. The average Bonchev–Trinajstić information content (AvgIpc) is 2.77. The second-order valence-corrected chi connectivity index (χ2v) is 9.90. The van der Waals surface area contributed by atoms with Crippen LogP contribution in [-0.2, 0) is 29.2 Å². The van der Waals surface area contributed by atoms with Gasteiger partial charge in [0, 0.05) is 36.9 Å². The second kappa shape index (κ2) is 10.6. The number of pyridine rings is 1. The predicted molar refractivity (Wildman–Crippen MR) is 125 cm³/mol. The number of sulfone groups is 1. The molecule has 1 aromatic heterocycles. The molecular weight excluding hydrogens is 459 g/mol. The Balaban J connectivity index is 0.00000166. The third kappa shape index (κ3) is 5.84. The molecular formula is C22H28Cl2N2O4S. The first-order valence-corrected chi connectivity index (χ1v) is 12.7. The van der Waals surface area contributed by atoms with Gasteiger partial charge in [0.2, 0.25) is 0 Å². The number of hydrogen-bond acceptors (Lipinski definition) is 6. The molecule has 0 aliphatic carbocycles. The van der Waals surface area contributed by atoms with Crippen molar-refractivity contribution in [3.63, 3.8) is 0 Å². The smallest absolute Gasteiger partial charge is 0.178 e. The number of aromatic nitrogens is 1. The largest absolute Gasteiger partial charge is 0.503 e. The van der Waals surface area contributed by atoms with Crippen LogP contribution < -0.4 is 0 Å². The van der Waals surface area contributed by atoms with Gasteiger partial charge in [-0.25, -0.2) is 8.42 Å². The van der Waals surface area contributed by atoms with E-state index in [0.717, 1.165) is 36.1 Å². The highest BCUT2D eigenvalue weighted by molar-refractivity contribution is 7.90. The van der Waals surface area contributed by atoms with Crippen molar-refractivity contribution in [1.82, 2.24) is 9.88 Å². The Hall–Kier alpha value is -1.96. The second-order valence-electron chi connectivity index (χ2n) is 7.13. The maximum Gasteiger partial charge on any atom is 0.178 e. The standard InChI is InChI=1S/C20H22Cl2N2O4S.C2H6/c1-12(4-3-5-13-6-7-14(10-23-13)29(2,27)28)24-9-8-15-16(11-24)18(22)20(26)19(25)17(15)21;1-2/h6-7,10,25-26H,1,3-5,8-9,11H2,2H3;1-2H3. The number of rotatable bonds is 6. The summed E-state index contributed by atoms with van der Waals surface area (Å²) in [5, 5.41) is 20.1. The van der Waals surface area contributed by atoms with E-state index in [1.807, 2.05) is 13.8 Å². The molecule has 2 heterocycles. The molecule has 0 unspecified atom stereocenters. The number of fused-ring (bicyclic) bond motifs is 1. The van der Waals surface area contributed by atoms with Gasteiger partial charge >= 0.3 is 0 Å². The summed E-state index contributed by atoms with van der Waals surface area (Å²) in [4.78, 5) is 6.51. The quantitative estimate of drug-likeness (QED) is 0.550. The van der Waals surface area contributed by atoms with Crippen molar-refractivity contribution in [2.45, 2.75) is 51.0 Å². The van der Waals surface area contributed by atoms with Crippen LogP contribution in [0.1, 0.15) is 43.5 Å². The van der Waals surface area contributed by atoms with E-state index >= 15 is 0 Å². The van der Waals surface area contributed by atoms with Crippen molar-refractivity contribution in [3.05, 3.63) is 57.5 Å². The summed E-state index contributed by atoms with van der Waals surface area (Å²) in [6, 6.07) is 3.30. The summed E-state index contributed by atoms with van der Waals surface area (Å²) in [5.74, 6) is -0.774. The zero-order valence-corrected chi connectivity index (χ0v) is 20.3. The van der Waals surface area contributed by atoms with Gasteiger partial charge in [0.15, 0.2) is 21.3 Å². The van der Waals surface area contributed by atoms with Gasteiger partial charge in [-0.2, -0.15) is 0 Å². The van der Waals surface area contributed by atoms with Crippen LogP contribution in [0.2, 0.25) is 10.0 Å². The van der Waals surface area contributed by atoms with Crippen LogP contribution in [0, 0.1) is 0 Å². The number of phenols is 2. The number of hydrogen-bond donors (Lipinski definition) is 2. The molecule has 0 saturated heterocycles. The van der Waals surface area contributed by atoms with Gasteiger partial charge in [0.25, 0.3) is 0 Å². The minimum atomic E-state index is -3.24. The number of allylic oxidation sites excluding steroid dienone is 1. The predicted octanol–water partition coefficient (Wildman–Crippen LogP) is 5.12. The molecule has 2 N–H and O–H groups in total. The number of halogens is 2. The molecule has 0 saturated carbocycles. The van der Waals surface area contributed by atoms with E-state index < -0.39 is 15.6 Å². The molecule has 0 bridgehead atoms. The summed E-state index contributed by atoms with van der Waals surface area (Å²) in [5.41, 5.74) is 3.22. The van der Waals surface area contributed by atoms with E-state index in [-0.39, 0.29) is 20.7 Å². The summed E-state index contributed by atoms with van der Waals surface area (Å²) < 4.78 is 23.0. The molecule has 3 rings (SSSR count). The normalized spacial score (nSPS) is 13.3. The van der Waals surface area contributed by atoms with Crippen LogP contribution in [0.5, 0.6) is 11.5 Å². The van der Waals surface area contributed by atoms with E-state index in [0.29, 0.717) is 31.5 Å². The van der Waals surface area contributed by atoms with Gasteiger partial charge in [-0.05, 0) is 48.9 Å². The Bertz CT molecular complexity index is 1050. The molecule has 0 amide bonds. The van der Waals surface area contributed by atoms with Crippen molar-refractivity contribution >= 4 is 33.0 Å². The molecule has 1 aliphatic rings. The first-order valence-electron chi connectivity index (χ1n) is 10.1. The third-order valence-electron chi connectivity index (χ3n) is 5.09. The van der Waals surface area contributed by atoms with E-state index in [1.54, 1.807) is 12.1 Å². The Morgan fingerprint density at radius 2 is 1.77 bits per heavy atom. The molecule has 170 valence electrons. The van der Waals surface area contributed by atoms with Crippen LogP contribution in [0.3, 0.4) is 0 Å². The Kier molecular flexibility index (Phi) is 8.63. The summed E-state index contributed by atoms with van der Waals surface area (Å²) >= 11 is 12.4. The van der Waals surface area contributed by atoms with E-state index in [9.17, 15) is 18.6 Å². The van der Waals surface area contributed by atoms with Gasteiger partial charge in [0.1, 0.15) is 0 Å². The first-order chi connectivity index (χ1) is 14.6. The average molecular weight is 487 g/mol. The molecule has 1 aromatic carbocycles. The molecule has 1 aliphatic heterocycles. The fraction of sp³-hybridized carbons (Fsp3) is 0.409. The number of phenolic OH excluding ortho intramolecular Hbond substituents is 2. The lowest BCUT2D eigenvalue weighted by Gasteiger charge is -2.33. The van der Waals surface area contributed by atoms with E-state index in [1.165, 1.54) is 6.20 Å². The summed E-state index contributed by atoms with van der Waals surface area (Å²) in [7, 11) is -3.24. The van der Waals surface area contributed by atoms with Crippen LogP contribution in [0.15, 0.2) is 35.5 Å². The molecule has 2 aromatic rings. The molecule has 0 atom stereocenters. The third-order valence-corrected chi connectivity index (χ3v) is 7.00. The van der Waals surface area contributed by atoms with Crippen LogP contribution in [0.25, 0.3) is 0 Å². The zero-order chi connectivity index (χ0) is 23.3. The van der Waals surface area contributed by atoms with Crippen molar-refractivity contribution in [3.8, 4) is 11.5 Å². The van der Waals surface area contributed by atoms with Crippen molar-refractivity contribution in [2.24, 2.45) is 0 Å². The highest BCUT2D eigenvalue weighted by Gasteiger charge is 2.27. The Labute approximate surface area is 194 Å². The highest BCUT2D eigenvalue weighted by atomic mass is 35.5. The number of aromatic hydroxyl groups is 2. The summed E-state index contributed by atoms with van der Waals surface area (Å²) in [6.07, 6.45) is 5.38. The van der Waals surface area contributed by atoms with Gasteiger partial charge < -0.3 is 15.1 Å². The Morgan fingerprint density at radius 1 is 1.16 bits per heavy atom. The minimum absolute atomic E-state index is 0.120. The SMILES string of the molecule is C=C(CCCc1ccc(S(C)(=O)=O)cn1)N1CCc2c(Cl)c(O)c(O)c(Cl)c2C1.CC. The van der Waals surface area contributed by atoms with Gasteiger partial charge in [-0.3, -0.25) is 4.98 Å². The van der Waals surface area contributed by atoms with E-state index in [4.69, 9.17) is 23.2 Å². The molecule has 31 heavy (non-hydrogen) atoms. The van der Waals surface area contributed by atoms with Crippen LogP contribution in [0.4, 0.5) is 0 Å². The van der Waals surface area contributed by atoms with Crippen molar-refractivity contribution < 1.29 is 18.6 Å². The molecule has 0 spiro atoms. The first kappa shape index (κ1) is 25.3. The number of benzene rings is 1. The molecule has 0 fully saturated rings. The van der Waals surface area contributed by atoms with Crippen molar-refractivity contribution in [2.75, 3.05) is 12.8 Å². The van der Waals surface area contributed by atoms with Crippen LogP contribution in [-0.4, -0.2) is 41.3 Å². The highest BCUT2D eigenvalue weighted by Crippen LogP contribution is 2.46. The van der Waals surface area contributed by atoms with Gasteiger partial charge in [-0.1, -0.05) is 43.6 Å². The number of aryl methyl sites for hydroxylation is 1. The zero-order valence-electron chi connectivity index (χ0n) is 18.0. The van der Waals surface area contributed by atoms with Gasteiger partial charge in [-0.15, -0.1) is 0 Å². The van der Waals surface area contributed by atoms with Crippen LogP contribution >= 0.6 is 23.2 Å². The fourth-order valence-electron chi connectivity index (χ4n) is 3.38. The fourth-order valence-corrected chi connectivity index (χ4v) is 4.50. The molecule has 9 heteroatoms. The minimum Gasteiger partial charge on any atom is -0.503 e. The topological polar surface area (TPSA) is 90.7 Å². The van der Waals surface area contributed by atoms with E-state index in [2.05, 4.69) is 16.5 Å². The Morgan fingerprint density at radius 3 is 2.32 bits per heavy atom. The maximum absolute atomic E-state index is 11.5. The van der Waals surface area contributed by atoms with Crippen molar-refractivity contribution in [1.29, 1.82) is 0 Å². The lowest BCUT2D eigenvalue weighted by Crippen LogP contribution is -2.30. The van der Waals surface area contributed by atoms with Gasteiger partial charge in [0.05, 0.1) is 14.9 Å². The number of nitrogens with zero attached hydrogens (tertiary/aromatic N) is 2. The molecule has 6 nitrogen and oxygen atoms in total. The lowest BCUT2D eigenvalue weighted by molar-refractivity contribution is 0.308. The monoisotopic (exact) mass is 486 g/mol. The molecule has 0 radical (unpaired) electrons. The summed E-state index contributed by atoms with van der Waals surface area (Å²) in [6.45, 7) is 9.31. The lowest BCUT2D eigenvalue weighted by atomic mass is 9.97.